The summed E-state index contributed by atoms with van der Waals surface area (Å²) in [5.74, 6) is 0.628. The maximum Gasteiger partial charge on any atom is 0.208 e. The molecule has 2 saturated heterocycles. The van der Waals surface area contributed by atoms with E-state index in [1.54, 1.807) is 0 Å². The SMILES string of the molecule is Cl.O=C[C@@]1(N2CCC2C(=O)c2nc3ccccc3s2)CC2CCCCC2N1. The number of aldehydes is 1. The minimum atomic E-state index is -0.658. The van der Waals surface area contributed by atoms with Crippen molar-refractivity contribution in [2.45, 2.75) is 56.3 Å². The molecule has 1 aliphatic carbocycles. The molecule has 1 saturated carbocycles. The largest absolute Gasteiger partial charge is 0.300 e. The molecule has 0 radical (unpaired) electrons. The van der Waals surface area contributed by atoms with Gasteiger partial charge in [-0.05, 0) is 43.7 Å². The van der Waals surface area contributed by atoms with Crippen LogP contribution in [0, 0.1) is 5.92 Å². The molecule has 3 fully saturated rings. The van der Waals surface area contributed by atoms with Crippen molar-refractivity contribution < 1.29 is 9.59 Å². The van der Waals surface area contributed by atoms with Gasteiger partial charge >= 0.3 is 0 Å². The molecule has 5 nitrogen and oxygen atoms in total. The van der Waals surface area contributed by atoms with Gasteiger partial charge in [0.2, 0.25) is 5.78 Å². The van der Waals surface area contributed by atoms with E-state index in [0.29, 0.717) is 17.0 Å². The molecule has 3 heterocycles. The summed E-state index contributed by atoms with van der Waals surface area (Å²) >= 11 is 1.46. The molecule has 7 heteroatoms. The van der Waals surface area contributed by atoms with Crippen LogP contribution in [0.1, 0.15) is 48.3 Å². The Hall–Kier alpha value is -1.34. The molecule has 2 aliphatic heterocycles. The molecule has 3 aliphatic rings. The number of thiazole rings is 1. The fraction of sp³-hybridized carbons (Fsp3) is 0.550. The average molecular weight is 406 g/mol. The van der Waals surface area contributed by atoms with Gasteiger partial charge in [-0.2, -0.15) is 0 Å². The highest BCUT2D eigenvalue weighted by Crippen LogP contribution is 2.42. The lowest BCUT2D eigenvalue weighted by Crippen LogP contribution is -2.68. The molecule has 3 unspecified atom stereocenters. The predicted molar refractivity (Wildman–Crippen MR) is 109 cm³/mol. The first-order valence-corrected chi connectivity index (χ1v) is 10.4. The number of halogens is 1. The summed E-state index contributed by atoms with van der Waals surface area (Å²) in [7, 11) is 0. The Balaban J connectivity index is 0.00000180. The zero-order chi connectivity index (χ0) is 17.7. The zero-order valence-electron chi connectivity index (χ0n) is 15.1. The van der Waals surface area contributed by atoms with Crippen LogP contribution in [0.15, 0.2) is 24.3 Å². The molecule has 1 N–H and O–H groups in total. The Labute approximate surface area is 168 Å². The molecular weight excluding hydrogens is 382 g/mol. The van der Waals surface area contributed by atoms with Gasteiger partial charge in [-0.3, -0.25) is 19.8 Å². The molecule has 1 aromatic carbocycles. The summed E-state index contributed by atoms with van der Waals surface area (Å²) in [5.41, 5.74) is 0.219. The van der Waals surface area contributed by atoms with Crippen LogP contribution in [0.2, 0.25) is 0 Å². The second kappa shape index (κ2) is 7.24. The first-order chi connectivity index (χ1) is 12.7. The fourth-order valence-corrected chi connectivity index (χ4v) is 5.98. The summed E-state index contributed by atoms with van der Waals surface area (Å²) in [6.45, 7) is 0.798. The Morgan fingerprint density at radius 3 is 2.78 bits per heavy atom. The van der Waals surface area contributed by atoms with E-state index in [1.165, 1.54) is 30.6 Å². The minimum Gasteiger partial charge on any atom is -0.300 e. The number of aromatic nitrogens is 1. The van der Waals surface area contributed by atoms with E-state index in [2.05, 4.69) is 15.2 Å². The van der Waals surface area contributed by atoms with Gasteiger partial charge in [0.05, 0.1) is 16.3 Å². The highest BCUT2D eigenvalue weighted by atomic mass is 35.5. The van der Waals surface area contributed by atoms with Gasteiger partial charge in [-0.15, -0.1) is 23.7 Å². The van der Waals surface area contributed by atoms with Gasteiger partial charge in [-0.1, -0.05) is 25.0 Å². The lowest BCUT2D eigenvalue weighted by atomic mass is 9.83. The van der Waals surface area contributed by atoms with Crippen molar-refractivity contribution in [1.82, 2.24) is 15.2 Å². The molecule has 4 atom stereocenters. The summed E-state index contributed by atoms with van der Waals surface area (Å²) < 4.78 is 1.04. The Kier molecular flexibility index (Phi) is 5.10. The number of likely N-dealkylation sites (tertiary alicyclic amines) is 1. The number of nitrogens with zero attached hydrogens (tertiary/aromatic N) is 2. The van der Waals surface area contributed by atoms with Gasteiger partial charge in [-0.25, -0.2) is 4.98 Å². The Morgan fingerprint density at radius 1 is 1.26 bits per heavy atom. The predicted octanol–water partition coefficient (Wildman–Crippen LogP) is 3.42. The third-order valence-corrected chi connectivity index (χ3v) is 7.50. The first kappa shape index (κ1) is 19.0. The zero-order valence-corrected chi connectivity index (χ0v) is 16.7. The van der Waals surface area contributed by atoms with Gasteiger partial charge < -0.3 is 0 Å². The second-order valence-corrected chi connectivity index (χ2v) is 8.92. The van der Waals surface area contributed by atoms with E-state index in [9.17, 15) is 9.59 Å². The van der Waals surface area contributed by atoms with E-state index in [0.717, 1.165) is 42.3 Å². The molecule has 0 amide bonds. The van der Waals surface area contributed by atoms with Crippen molar-refractivity contribution in [2.75, 3.05) is 6.54 Å². The van der Waals surface area contributed by atoms with E-state index < -0.39 is 5.66 Å². The maximum absolute atomic E-state index is 13.1. The van der Waals surface area contributed by atoms with E-state index in [4.69, 9.17) is 0 Å². The van der Waals surface area contributed by atoms with Crippen LogP contribution in [0.5, 0.6) is 0 Å². The standard InChI is InChI=1S/C20H23N3O2S.ClH/c24-12-20(11-13-5-1-2-6-14(13)22-20)23-10-9-16(23)18(25)19-21-15-7-3-4-8-17(15)26-19;/h3-4,7-8,12-14,16,22H,1-2,5-6,9-11H2;1H/t13?,14?,16?,20-;/m0./s1. The number of benzene rings is 1. The topological polar surface area (TPSA) is 62.3 Å². The van der Waals surface area contributed by atoms with Crippen molar-refractivity contribution >= 4 is 46.0 Å². The van der Waals surface area contributed by atoms with Gasteiger partial charge in [0.15, 0.2) is 11.3 Å². The minimum absolute atomic E-state index is 0. The number of hydrogen-bond acceptors (Lipinski definition) is 6. The smallest absolute Gasteiger partial charge is 0.208 e. The van der Waals surface area contributed by atoms with Gasteiger partial charge in [0.25, 0.3) is 0 Å². The third-order valence-electron chi connectivity index (χ3n) is 6.45. The summed E-state index contributed by atoms with van der Waals surface area (Å²) in [5, 5.41) is 4.18. The monoisotopic (exact) mass is 405 g/mol. The van der Waals surface area contributed by atoms with E-state index in [-0.39, 0.29) is 24.2 Å². The molecule has 0 bridgehead atoms. The lowest BCUT2D eigenvalue weighted by molar-refractivity contribution is -0.126. The van der Waals surface area contributed by atoms with E-state index >= 15 is 0 Å². The Bertz CT molecular complexity index is 823. The molecular formula is C20H24ClN3O2S. The number of hydrogen-bond donors (Lipinski definition) is 1. The van der Waals surface area contributed by atoms with Crippen molar-refractivity contribution in [1.29, 1.82) is 0 Å². The van der Waals surface area contributed by atoms with Crippen molar-refractivity contribution in [3.8, 4) is 0 Å². The second-order valence-electron chi connectivity index (χ2n) is 7.89. The lowest BCUT2D eigenvalue weighted by Gasteiger charge is -2.49. The molecule has 5 rings (SSSR count). The number of nitrogens with one attached hydrogen (secondary N) is 1. The van der Waals surface area contributed by atoms with Crippen LogP contribution in [-0.2, 0) is 4.79 Å². The van der Waals surface area contributed by atoms with Crippen molar-refractivity contribution in [3.05, 3.63) is 29.3 Å². The van der Waals surface area contributed by atoms with E-state index in [1.807, 2.05) is 24.3 Å². The number of Topliss-reactive ketones (excluding diaryl/α,β-unsaturated/α-hetero) is 1. The maximum atomic E-state index is 13.1. The number of para-hydroxylation sites is 1. The number of fused-ring (bicyclic) bond motifs is 2. The van der Waals surface area contributed by atoms with Crippen LogP contribution in [0.25, 0.3) is 10.2 Å². The number of carbonyl (C=O) groups excluding carboxylic acids is 2. The normalized spacial score (nSPS) is 33.1. The van der Waals surface area contributed by atoms with Crippen LogP contribution in [0.4, 0.5) is 0 Å². The quantitative estimate of drug-likeness (QED) is 0.623. The van der Waals surface area contributed by atoms with Crippen LogP contribution in [-0.4, -0.2) is 46.2 Å². The average Bonchev–Trinajstić information content (AvgIpc) is 3.22. The van der Waals surface area contributed by atoms with Crippen LogP contribution < -0.4 is 5.32 Å². The summed E-state index contributed by atoms with van der Waals surface area (Å²) in [4.78, 5) is 31.9. The summed E-state index contributed by atoms with van der Waals surface area (Å²) in [6, 6.07) is 8.05. The van der Waals surface area contributed by atoms with Crippen molar-refractivity contribution in [3.63, 3.8) is 0 Å². The number of ketones is 1. The first-order valence-electron chi connectivity index (χ1n) is 9.61. The highest BCUT2D eigenvalue weighted by Gasteiger charge is 2.54. The molecule has 0 spiro atoms. The molecule has 1 aromatic heterocycles. The summed E-state index contributed by atoms with van der Waals surface area (Å²) in [6.07, 6.45) is 7.53. The van der Waals surface area contributed by atoms with Crippen LogP contribution >= 0.6 is 23.7 Å². The van der Waals surface area contributed by atoms with Crippen LogP contribution in [0.3, 0.4) is 0 Å². The third kappa shape index (κ3) is 3.03. The number of carbonyl (C=O) groups is 2. The molecule has 144 valence electrons. The van der Waals surface area contributed by atoms with Gasteiger partial charge in [0, 0.05) is 12.6 Å². The highest BCUT2D eigenvalue weighted by molar-refractivity contribution is 7.20. The molecule has 2 aromatic rings. The molecule has 27 heavy (non-hydrogen) atoms. The Morgan fingerprint density at radius 2 is 2.07 bits per heavy atom. The number of rotatable bonds is 4. The van der Waals surface area contributed by atoms with Crippen molar-refractivity contribution in [2.24, 2.45) is 5.92 Å². The van der Waals surface area contributed by atoms with Gasteiger partial charge in [0.1, 0.15) is 5.66 Å². The fourth-order valence-electron chi connectivity index (χ4n) is 5.03.